The van der Waals surface area contributed by atoms with Gasteiger partial charge in [0.25, 0.3) is 5.91 Å². The molecule has 1 heterocycles. The van der Waals surface area contributed by atoms with Crippen molar-refractivity contribution in [3.05, 3.63) is 95.0 Å². The number of benzene rings is 3. The van der Waals surface area contributed by atoms with Gasteiger partial charge in [0.05, 0.1) is 12.7 Å². The molecule has 162 valence electrons. The van der Waals surface area contributed by atoms with Gasteiger partial charge in [-0.1, -0.05) is 12.1 Å². The van der Waals surface area contributed by atoms with Gasteiger partial charge in [0, 0.05) is 16.6 Å². The molecular formula is C24H18F2N2O3S. The average Bonchev–Trinajstić information content (AvgIpc) is 3.31. The summed E-state index contributed by atoms with van der Waals surface area (Å²) < 4.78 is 38.2. The summed E-state index contributed by atoms with van der Waals surface area (Å²) in [5, 5.41) is 5.01. The molecule has 0 aliphatic carbocycles. The number of halogens is 2. The summed E-state index contributed by atoms with van der Waals surface area (Å²) in [5.41, 5.74) is 1.63. The Morgan fingerprint density at radius 2 is 1.84 bits per heavy atom. The van der Waals surface area contributed by atoms with E-state index >= 15 is 0 Å². The molecule has 0 unspecified atom stereocenters. The lowest BCUT2D eigenvalue weighted by Crippen LogP contribution is -2.12. The van der Waals surface area contributed by atoms with E-state index in [0.717, 1.165) is 18.2 Å². The van der Waals surface area contributed by atoms with Crippen molar-refractivity contribution >= 4 is 22.9 Å². The van der Waals surface area contributed by atoms with Crippen molar-refractivity contribution in [1.82, 2.24) is 4.98 Å². The molecule has 32 heavy (non-hydrogen) atoms. The van der Waals surface area contributed by atoms with Gasteiger partial charge < -0.3 is 14.8 Å². The van der Waals surface area contributed by atoms with Crippen LogP contribution in [0.25, 0.3) is 10.6 Å². The third-order valence-electron chi connectivity index (χ3n) is 4.59. The standard InChI is InChI=1S/C24H18F2N2O3S/c1-30-18-9-7-17(8-10-18)27-23(29)21-14-32-24(28-21)19-4-2-3-5-22(19)31-13-15-12-16(25)6-11-20(15)26/h2-12,14H,13H2,1H3,(H,27,29). The highest BCUT2D eigenvalue weighted by Gasteiger charge is 2.15. The SMILES string of the molecule is COc1ccc(NC(=O)c2csc(-c3ccccc3OCc3cc(F)ccc3F)n2)cc1. The Labute approximate surface area is 187 Å². The van der Waals surface area contributed by atoms with E-state index in [1.807, 2.05) is 6.07 Å². The third kappa shape index (κ3) is 4.92. The van der Waals surface area contributed by atoms with E-state index in [4.69, 9.17) is 9.47 Å². The van der Waals surface area contributed by atoms with Crippen LogP contribution >= 0.6 is 11.3 Å². The Morgan fingerprint density at radius 1 is 1.06 bits per heavy atom. The van der Waals surface area contributed by atoms with Crippen LogP contribution in [0.2, 0.25) is 0 Å². The van der Waals surface area contributed by atoms with E-state index in [0.29, 0.717) is 27.8 Å². The van der Waals surface area contributed by atoms with Gasteiger partial charge in [-0.05, 0) is 54.6 Å². The fourth-order valence-electron chi connectivity index (χ4n) is 2.95. The Kier molecular flexibility index (Phi) is 6.42. The Balaban J connectivity index is 1.50. The molecule has 0 fully saturated rings. The lowest BCUT2D eigenvalue weighted by Gasteiger charge is -2.10. The number of carbonyl (C=O) groups is 1. The summed E-state index contributed by atoms with van der Waals surface area (Å²) in [4.78, 5) is 17.0. The largest absolute Gasteiger partial charge is 0.497 e. The predicted molar refractivity (Wildman–Crippen MR) is 119 cm³/mol. The second-order valence-corrected chi connectivity index (χ2v) is 7.60. The van der Waals surface area contributed by atoms with Crippen molar-refractivity contribution < 1.29 is 23.0 Å². The third-order valence-corrected chi connectivity index (χ3v) is 5.47. The number of rotatable bonds is 7. The molecule has 4 aromatic rings. The Bertz CT molecular complexity index is 1240. The lowest BCUT2D eigenvalue weighted by atomic mass is 10.2. The van der Waals surface area contributed by atoms with Crippen molar-refractivity contribution in [3.63, 3.8) is 0 Å². The maximum absolute atomic E-state index is 13.9. The van der Waals surface area contributed by atoms with Crippen molar-refractivity contribution in [3.8, 4) is 22.1 Å². The van der Waals surface area contributed by atoms with Gasteiger partial charge in [0.2, 0.25) is 0 Å². The van der Waals surface area contributed by atoms with E-state index in [2.05, 4.69) is 10.3 Å². The first-order valence-corrected chi connectivity index (χ1v) is 10.5. The average molecular weight is 452 g/mol. The fourth-order valence-corrected chi connectivity index (χ4v) is 3.78. The van der Waals surface area contributed by atoms with E-state index in [1.54, 1.807) is 55.0 Å². The first-order valence-electron chi connectivity index (χ1n) is 9.60. The number of nitrogens with zero attached hydrogens (tertiary/aromatic N) is 1. The van der Waals surface area contributed by atoms with Crippen LogP contribution in [0.1, 0.15) is 16.1 Å². The zero-order valence-electron chi connectivity index (χ0n) is 17.0. The minimum absolute atomic E-state index is 0.110. The molecule has 0 saturated carbocycles. The predicted octanol–water partition coefficient (Wildman–Crippen LogP) is 5.93. The van der Waals surface area contributed by atoms with Gasteiger partial charge in [0.1, 0.15) is 40.4 Å². The number of hydrogen-bond donors (Lipinski definition) is 1. The summed E-state index contributed by atoms with van der Waals surface area (Å²) in [5.74, 6) is -0.291. The number of thiazole rings is 1. The van der Waals surface area contributed by atoms with Crippen molar-refractivity contribution in [2.24, 2.45) is 0 Å². The molecule has 1 N–H and O–H groups in total. The normalized spacial score (nSPS) is 10.6. The van der Waals surface area contributed by atoms with Gasteiger partial charge in [-0.2, -0.15) is 0 Å². The zero-order chi connectivity index (χ0) is 22.5. The molecule has 0 aliphatic rings. The lowest BCUT2D eigenvalue weighted by molar-refractivity contribution is 0.102. The Hall–Kier alpha value is -3.78. The molecule has 0 spiro atoms. The first-order chi connectivity index (χ1) is 15.5. The number of carbonyl (C=O) groups excluding carboxylic acids is 1. The highest BCUT2D eigenvalue weighted by atomic mass is 32.1. The highest BCUT2D eigenvalue weighted by Crippen LogP contribution is 2.33. The maximum atomic E-state index is 13.9. The number of hydrogen-bond acceptors (Lipinski definition) is 5. The second-order valence-electron chi connectivity index (χ2n) is 6.74. The van der Waals surface area contributed by atoms with Gasteiger partial charge >= 0.3 is 0 Å². The quantitative estimate of drug-likeness (QED) is 0.378. The van der Waals surface area contributed by atoms with Crippen LogP contribution in [-0.4, -0.2) is 18.0 Å². The second kappa shape index (κ2) is 9.57. The molecule has 1 aromatic heterocycles. The van der Waals surface area contributed by atoms with Crippen LogP contribution in [0.15, 0.2) is 72.1 Å². The molecule has 0 bridgehead atoms. The van der Waals surface area contributed by atoms with Crippen LogP contribution in [0.3, 0.4) is 0 Å². The number of ether oxygens (including phenoxy) is 2. The molecule has 0 radical (unpaired) electrons. The number of amides is 1. The molecule has 1 amide bonds. The number of nitrogens with one attached hydrogen (secondary N) is 1. The van der Waals surface area contributed by atoms with Gasteiger partial charge in [-0.15, -0.1) is 11.3 Å². The minimum atomic E-state index is -0.546. The van der Waals surface area contributed by atoms with Crippen LogP contribution in [0, 0.1) is 11.6 Å². The van der Waals surface area contributed by atoms with Crippen molar-refractivity contribution in [2.45, 2.75) is 6.61 Å². The summed E-state index contributed by atoms with van der Waals surface area (Å²) in [6, 6.07) is 17.3. The van der Waals surface area contributed by atoms with Crippen molar-refractivity contribution in [1.29, 1.82) is 0 Å². The summed E-state index contributed by atoms with van der Waals surface area (Å²) >= 11 is 1.28. The van der Waals surface area contributed by atoms with E-state index in [1.165, 1.54) is 11.3 Å². The Morgan fingerprint density at radius 3 is 2.62 bits per heavy atom. The van der Waals surface area contributed by atoms with Crippen LogP contribution in [-0.2, 0) is 6.61 Å². The van der Waals surface area contributed by atoms with Crippen molar-refractivity contribution in [2.75, 3.05) is 12.4 Å². The maximum Gasteiger partial charge on any atom is 0.275 e. The summed E-state index contributed by atoms with van der Waals surface area (Å²) in [6.45, 7) is -0.142. The molecule has 4 rings (SSSR count). The molecule has 3 aromatic carbocycles. The molecule has 5 nitrogen and oxygen atoms in total. The molecule has 0 atom stereocenters. The molecule has 8 heteroatoms. The minimum Gasteiger partial charge on any atom is -0.497 e. The number of methoxy groups -OCH3 is 1. The van der Waals surface area contributed by atoms with E-state index in [9.17, 15) is 13.6 Å². The van der Waals surface area contributed by atoms with E-state index in [-0.39, 0.29) is 23.8 Å². The monoisotopic (exact) mass is 452 g/mol. The van der Waals surface area contributed by atoms with Crippen LogP contribution in [0.4, 0.5) is 14.5 Å². The van der Waals surface area contributed by atoms with Crippen LogP contribution < -0.4 is 14.8 Å². The summed E-state index contributed by atoms with van der Waals surface area (Å²) in [6.07, 6.45) is 0. The first kappa shape index (κ1) is 21.5. The number of aromatic nitrogens is 1. The summed E-state index contributed by atoms with van der Waals surface area (Å²) in [7, 11) is 1.57. The smallest absolute Gasteiger partial charge is 0.275 e. The molecular weight excluding hydrogens is 434 g/mol. The molecule has 0 saturated heterocycles. The highest BCUT2D eigenvalue weighted by molar-refractivity contribution is 7.13. The topological polar surface area (TPSA) is 60.5 Å². The van der Waals surface area contributed by atoms with Gasteiger partial charge in [-0.3, -0.25) is 4.79 Å². The zero-order valence-corrected chi connectivity index (χ0v) is 17.8. The van der Waals surface area contributed by atoms with Gasteiger partial charge in [-0.25, -0.2) is 13.8 Å². The van der Waals surface area contributed by atoms with E-state index < -0.39 is 11.6 Å². The fraction of sp³-hybridized carbons (Fsp3) is 0.0833. The number of para-hydroxylation sites is 1. The number of anilines is 1. The van der Waals surface area contributed by atoms with Crippen LogP contribution in [0.5, 0.6) is 11.5 Å². The molecule has 0 aliphatic heterocycles. The van der Waals surface area contributed by atoms with Gasteiger partial charge in [0.15, 0.2) is 0 Å².